The van der Waals surface area contributed by atoms with Gasteiger partial charge in [0, 0.05) is 5.54 Å². The summed E-state index contributed by atoms with van der Waals surface area (Å²) in [7, 11) is 1.51. The van der Waals surface area contributed by atoms with E-state index in [0.29, 0.717) is 23.7 Å². The van der Waals surface area contributed by atoms with Gasteiger partial charge in [-0.25, -0.2) is 0 Å². The molecule has 74 valence electrons. The van der Waals surface area contributed by atoms with Gasteiger partial charge in [0.1, 0.15) is 0 Å². The van der Waals surface area contributed by atoms with E-state index < -0.39 is 0 Å². The quantitative estimate of drug-likeness (QED) is 0.593. The molecule has 0 amide bonds. The number of carbonyl (C=O) groups excluding carboxylic acids is 1. The maximum Gasteiger partial charge on any atom is 0.314 e. The topological polar surface area (TPSA) is 52.3 Å². The van der Waals surface area contributed by atoms with E-state index in [4.69, 9.17) is 10.5 Å². The minimum absolute atomic E-state index is 0.00667. The summed E-state index contributed by atoms with van der Waals surface area (Å²) in [4.78, 5) is 11.9. The third kappa shape index (κ3) is 0.300. The van der Waals surface area contributed by atoms with Gasteiger partial charge in [-0.2, -0.15) is 0 Å². The second-order valence-corrected chi connectivity index (χ2v) is 5.96. The highest BCUT2D eigenvalue weighted by Gasteiger charge is 3.06. The van der Waals surface area contributed by atoms with Crippen molar-refractivity contribution in [1.82, 2.24) is 0 Å². The number of rotatable bonds is 1. The Hall–Kier alpha value is -0.570. The summed E-state index contributed by atoms with van der Waals surface area (Å²) in [6.45, 7) is 0. The predicted molar refractivity (Wildman–Crippen MR) is 46.9 cm³/mol. The van der Waals surface area contributed by atoms with E-state index in [1.807, 2.05) is 0 Å². The average molecular weight is 191 g/mol. The predicted octanol–water partition coefficient (Wildman–Crippen LogP) is -0.00140. The molecule has 0 aromatic rings. The minimum atomic E-state index is -0.190. The molecule has 0 aromatic heterocycles. The molecule has 0 heterocycles. The molecule has 0 aliphatic heterocycles. The van der Waals surface area contributed by atoms with Crippen molar-refractivity contribution in [2.24, 2.45) is 46.7 Å². The van der Waals surface area contributed by atoms with Crippen molar-refractivity contribution < 1.29 is 9.53 Å². The van der Waals surface area contributed by atoms with Crippen LogP contribution >= 0.6 is 0 Å². The summed E-state index contributed by atoms with van der Waals surface area (Å²) in [6.07, 6.45) is 1.36. The molecule has 2 bridgehead atoms. The SMILES string of the molecule is COC(=O)C12[C@@H]3[C@H]4C[C@@H]([C@H]5[C@@H]4C51N)[C@H]32. The van der Waals surface area contributed by atoms with Gasteiger partial charge in [-0.3, -0.25) is 4.79 Å². The molecule has 6 saturated carbocycles. The zero-order chi connectivity index (χ0) is 9.46. The monoisotopic (exact) mass is 191 g/mol. The van der Waals surface area contributed by atoms with Gasteiger partial charge in [-0.15, -0.1) is 0 Å². The molecule has 0 aromatic carbocycles. The molecule has 14 heavy (non-hydrogen) atoms. The summed E-state index contributed by atoms with van der Waals surface area (Å²) >= 11 is 0. The Bertz CT molecular complexity index is 378. The second kappa shape index (κ2) is 1.37. The highest BCUT2D eigenvalue weighted by molar-refractivity contribution is 5.89. The maximum atomic E-state index is 11.9. The molecule has 0 spiro atoms. The smallest absolute Gasteiger partial charge is 0.314 e. The van der Waals surface area contributed by atoms with E-state index in [9.17, 15) is 4.79 Å². The van der Waals surface area contributed by atoms with Crippen LogP contribution in [0.4, 0.5) is 0 Å². The van der Waals surface area contributed by atoms with E-state index in [0.717, 1.165) is 11.8 Å². The molecule has 6 rings (SSSR count). The minimum Gasteiger partial charge on any atom is -0.469 e. The van der Waals surface area contributed by atoms with Gasteiger partial charge >= 0.3 is 5.97 Å². The van der Waals surface area contributed by atoms with Crippen LogP contribution in [0.3, 0.4) is 0 Å². The fraction of sp³-hybridized carbons (Fsp3) is 0.909. The van der Waals surface area contributed by atoms with E-state index in [1.54, 1.807) is 0 Å². The maximum absolute atomic E-state index is 11.9. The summed E-state index contributed by atoms with van der Waals surface area (Å²) in [6, 6.07) is 0. The largest absolute Gasteiger partial charge is 0.469 e. The molecule has 6 fully saturated rings. The lowest BCUT2D eigenvalue weighted by Gasteiger charge is -2.18. The molecule has 3 heteroatoms. The van der Waals surface area contributed by atoms with Crippen molar-refractivity contribution in [3.05, 3.63) is 0 Å². The van der Waals surface area contributed by atoms with Gasteiger partial charge in [0.25, 0.3) is 0 Å². The molecule has 0 saturated heterocycles. The summed E-state index contributed by atoms with van der Waals surface area (Å²) in [5, 5.41) is 0. The molecule has 3 nitrogen and oxygen atoms in total. The van der Waals surface area contributed by atoms with Crippen molar-refractivity contribution in [2.45, 2.75) is 12.0 Å². The summed E-state index contributed by atoms with van der Waals surface area (Å²) < 4.78 is 4.99. The van der Waals surface area contributed by atoms with Gasteiger partial charge in [-0.1, -0.05) is 0 Å². The zero-order valence-corrected chi connectivity index (χ0v) is 8.07. The first-order chi connectivity index (χ1) is 6.70. The third-order valence-electron chi connectivity index (χ3n) is 6.34. The Morgan fingerprint density at radius 1 is 1.29 bits per heavy atom. The van der Waals surface area contributed by atoms with Crippen molar-refractivity contribution in [2.75, 3.05) is 7.11 Å². The van der Waals surface area contributed by atoms with Crippen molar-refractivity contribution in [3.8, 4) is 0 Å². The lowest BCUT2D eigenvalue weighted by atomic mass is 9.94. The molecule has 8 atom stereocenters. The molecule has 6 aliphatic carbocycles. The highest BCUT2D eigenvalue weighted by atomic mass is 16.5. The lowest BCUT2D eigenvalue weighted by molar-refractivity contribution is -0.149. The molecule has 6 aliphatic rings. The first-order valence-corrected chi connectivity index (χ1v) is 5.58. The van der Waals surface area contributed by atoms with Crippen LogP contribution in [0.15, 0.2) is 0 Å². The number of carbonyl (C=O) groups is 1. The normalized spacial score (nSPS) is 77.9. The van der Waals surface area contributed by atoms with Crippen LogP contribution in [-0.2, 0) is 9.53 Å². The van der Waals surface area contributed by atoms with Crippen LogP contribution in [0.1, 0.15) is 6.42 Å². The van der Waals surface area contributed by atoms with E-state index >= 15 is 0 Å². The third-order valence-corrected chi connectivity index (χ3v) is 6.34. The summed E-state index contributed by atoms with van der Waals surface area (Å²) in [5.41, 5.74) is 6.16. The van der Waals surface area contributed by atoms with Crippen molar-refractivity contribution in [1.29, 1.82) is 0 Å². The van der Waals surface area contributed by atoms with Gasteiger partial charge in [0.15, 0.2) is 0 Å². The van der Waals surface area contributed by atoms with Gasteiger partial charge in [0.2, 0.25) is 0 Å². The van der Waals surface area contributed by atoms with E-state index in [-0.39, 0.29) is 16.9 Å². The standard InChI is InChI=1S/C11H13NO2/c1-14-9(13)10-5-3-2-4(6(5)10)8-7(3)11(8,10)12/h3-8H,2,12H2,1H3/t3-,4-,5-,6-,7-,8+,10?,11?/m1/s1. The first kappa shape index (κ1) is 6.83. The van der Waals surface area contributed by atoms with Crippen molar-refractivity contribution >= 4 is 5.97 Å². The molecule has 2 unspecified atom stereocenters. The number of hydrogen-bond donors (Lipinski definition) is 1. The first-order valence-electron chi connectivity index (χ1n) is 5.58. The zero-order valence-electron chi connectivity index (χ0n) is 8.07. The van der Waals surface area contributed by atoms with Crippen LogP contribution in [-0.4, -0.2) is 18.6 Å². The Kier molecular flexibility index (Phi) is 0.668. The fourth-order valence-electron chi connectivity index (χ4n) is 6.45. The number of ether oxygens (including phenoxy) is 1. The average Bonchev–Trinajstić information content (AvgIpc) is 2.89. The molecular weight excluding hydrogens is 178 g/mol. The van der Waals surface area contributed by atoms with Crippen LogP contribution in [0.2, 0.25) is 0 Å². The number of methoxy groups -OCH3 is 1. The van der Waals surface area contributed by atoms with E-state index in [2.05, 4.69) is 0 Å². The molecule has 0 radical (unpaired) electrons. The van der Waals surface area contributed by atoms with Gasteiger partial charge in [0.05, 0.1) is 12.5 Å². The molecular formula is C11H13NO2. The highest BCUT2D eigenvalue weighted by Crippen LogP contribution is 3.00. The van der Waals surface area contributed by atoms with Crippen LogP contribution < -0.4 is 5.73 Å². The summed E-state index contributed by atoms with van der Waals surface area (Å²) in [5.74, 6) is 4.23. The van der Waals surface area contributed by atoms with Crippen LogP contribution in [0, 0.1) is 40.9 Å². The lowest BCUT2D eigenvalue weighted by Crippen LogP contribution is -2.41. The van der Waals surface area contributed by atoms with Gasteiger partial charge in [-0.05, 0) is 41.9 Å². The number of hydrogen-bond acceptors (Lipinski definition) is 3. The van der Waals surface area contributed by atoms with Crippen molar-refractivity contribution in [3.63, 3.8) is 0 Å². The second-order valence-electron chi connectivity index (χ2n) is 5.96. The van der Waals surface area contributed by atoms with Gasteiger partial charge < -0.3 is 10.5 Å². The molecule has 2 N–H and O–H groups in total. The van der Waals surface area contributed by atoms with Crippen LogP contribution in [0.5, 0.6) is 0 Å². The van der Waals surface area contributed by atoms with Crippen LogP contribution in [0.25, 0.3) is 0 Å². The Labute approximate surface area is 82.0 Å². The number of esters is 1. The Morgan fingerprint density at radius 2 is 1.86 bits per heavy atom. The Balaban J connectivity index is 1.78. The Morgan fingerprint density at radius 3 is 2.21 bits per heavy atom. The number of nitrogens with two attached hydrogens (primary N) is 1. The fourth-order valence-corrected chi connectivity index (χ4v) is 6.45. The van der Waals surface area contributed by atoms with E-state index in [1.165, 1.54) is 13.5 Å².